The summed E-state index contributed by atoms with van der Waals surface area (Å²) in [5.74, 6) is -0.204. The summed E-state index contributed by atoms with van der Waals surface area (Å²) in [5, 5.41) is 8.30. The van der Waals surface area contributed by atoms with E-state index in [4.69, 9.17) is 5.73 Å². The van der Waals surface area contributed by atoms with E-state index in [1.165, 1.54) is 19.3 Å². The third-order valence-electron chi connectivity index (χ3n) is 3.06. The Bertz CT molecular complexity index is 281. The van der Waals surface area contributed by atoms with E-state index in [9.17, 15) is 9.59 Å². The molecule has 1 aliphatic carbocycles. The number of nitrogens with one attached hydrogen (secondary N) is 3. The quantitative estimate of drug-likeness (QED) is 0.556. The molecule has 0 aromatic carbocycles. The Kier molecular flexibility index (Phi) is 9.34. The molecule has 0 radical (unpaired) electrons. The summed E-state index contributed by atoms with van der Waals surface area (Å²) in [6, 6.07) is -0.365. The number of nitrogens with two attached hydrogens (primary N) is 1. The Hall–Kier alpha value is -1.01. The lowest BCUT2D eigenvalue weighted by Gasteiger charge is -2.22. The summed E-state index contributed by atoms with van der Waals surface area (Å²) >= 11 is 0. The molecule has 7 heteroatoms. The maximum Gasteiger partial charge on any atom is 0.315 e. The molecule has 3 amide bonds. The average molecular weight is 293 g/mol. The number of carbonyl (C=O) groups excluding carboxylic acids is 2. The van der Waals surface area contributed by atoms with Crippen molar-refractivity contribution in [1.82, 2.24) is 16.0 Å². The first-order valence-electron chi connectivity index (χ1n) is 6.67. The van der Waals surface area contributed by atoms with Crippen LogP contribution in [-0.2, 0) is 4.79 Å². The number of hydrogen-bond donors (Lipinski definition) is 4. The minimum absolute atomic E-state index is 0. The highest BCUT2D eigenvalue weighted by atomic mass is 35.5. The van der Waals surface area contributed by atoms with Crippen molar-refractivity contribution < 1.29 is 9.59 Å². The maximum atomic E-state index is 11.5. The van der Waals surface area contributed by atoms with Crippen LogP contribution in [0, 0.1) is 0 Å². The highest BCUT2D eigenvalue weighted by Crippen LogP contribution is 2.16. The molecule has 0 aromatic heterocycles. The van der Waals surface area contributed by atoms with E-state index in [2.05, 4.69) is 16.0 Å². The Morgan fingerprint density at radius 2 is 1.74 bits per heavy atom. The monoisotopic (exact) mass is 292 g/mol. The molecule has 1 fully saturated rings. The SMILES string of the molecule is C[C@@H](N)C(=O)NCCNC(=O)NC1CCCCC1.Cl. The molecule has 0 spiro atoms. The Morgan fingerprint density at radius 3 is 2.32 bits per heavy atom. The van der Waals surface area contributed by atoms with Crippen LogP contribution in [0.3, 0.4) is 0 Å². The molecule has 0 aliphatic heterocycles. The van der Waals surface area contributed by atoms with Crippen LogP contribution in [0.5, 0.6) is 0 Å². The highest BCUT2D eigenvalue weighted by molar-refractivity contribution is 5.85. The summed E-state index contributed by atoms with van der Waals surface area (Å²) in [5.41, 5.74) is 5.39. The third kappa shape index (κ3) is 7.89. The highest BCUT2D eigenvalue weighted by Gasteiger charge is 2.15. The summed E-state index contributed by atoms with van der Waals surface area (Å²) < 4.78 is 0. The van der Waals surface area contributed by atoms with Crippen LogP contribution in [0.25, 0.3) is 0 Å². The van der Waals surface area contributed by atoms with Crippen LogP contribution >= 0.6 is 12.4 Å². The smallest absolute Gasteiger partial charge is 0.315 e. The van der Waals surface area contributed by atoms with Crippen molar-refractivity contribution in [1.29, 1.82) is 0 Å². The van der Waals surface area contributed by atoms with Crippen LogP contribution in [0.4, 0.5) is 4.79 Å². The van der Waals surface area contributed by atoms with Crippen molar-refractivity contribution in [2.45, 2.75) is 51.1 Å². The first kappa shape index (κ1) is 18.0. The van der Waals surface area contributed by atoms with E-state index in [1.807, 2.05) is 0 Å². The van der Waals surface area contributed by atoms with Crippen LogP contribution in [0.2, 0.25) is 0 Å². The molecule has 5 N–H and O–H groups in total. The molecule has 1 rings (SSSR count). The standard InChI is InChI=1S/C12H24N4O2.ClH/c1-9(13)11(17)14-7-8-15-12(18)16-10-5-3-2-4-6-10;/h9-10H,2-8,13H2,1H3,(H,14,17)(H2,15,16,18);1H/t9-;/m1./s1. The molecule has 0 aromatic rings. The van der Waals surface area contributed by atoms with Gasteiger partial charge in [-0.15, -0.1) is 12.4 Å². The van der Waals surface area contributed by atoms with Gasteiger partial charge in [-0.25, -0.2) is 4.79 Å². The van der Waals surface area contributed by atoms with Gasteiger partial charge in [-0.05, 0) is 19.8 Å². The summed E-state index contributed by atoms with van der Waals surface area (Å²) in [6.07, 6.45) is 5.78. The van der Waals surface area contributed by atoms with E-state index >= 15 is 0 Å². The molecular formula is C12H25ClN4O2. The lowest BCUT2D eigenvalue weighted by molar-refractivity contribution is -0.121. The molecule has 1 aliphatic rings. The fraction of sp³-hybridized carbons (Fsp3) is 0.833. The van der Waals surface area contributed by atoms with Crippen molar-refractivity contribution >= 4 is 24.3 Å². The summed E-state index contributed by atoms with van der Waals surface area (Å²) in [4.78, 5) is 22.7. The van der Waals surface area contributed by atoms with Gasteiger partial charge in [0.25, 0.3) is 0 Å². The summed E-state index contributed by atoms with van der Waals surface area (Å²) in [7, 11) is 0. The Balaban J connectivity index is 0.00000324. The predicted octanol–water partition coefficient (Wildman–Crippen LogP) is 0.503. The van der Waals surface area contributed by atoms with Crippen molar-refractivity contribution in [2.75, 3.05) is 13.1 Å². The number of amides is 3. The van der Waals surface area contributed by atoms with E-state index in [0.717, 1.165) is 12.8 Å². The molecule has 0 saturated heterocycles. The molecule has 0 unspecified atom stereocenters. The van der Waals surface area contributed by atoms with Gasteiger partial charge in [-0.1, -0.05) is 19.3 Å². The topological polar surface area (TPSA) is 96.2 Å². The molecule has 112 valence electrons. The fourth-order valence-electron chi connectivity index (χ4n) is 2.01. The molecule has 6 nitrogen and oxygen atoms in total. The second-order valence-corrected chi connectivity index (χ2v) is 4.81. The van der Waals surface area contributed by atoms with Crippen molar-refractivity contribution in [2.24, 2.45) is 5.73 Å². The second-order valence-electron chi connectivity index (χ2n) is 4.81. The number of urea groups is 1. The lowest BCUT2D eigenvalue weighted by atomic mass is 9.96. The van der Waals surface area contributed by atoms with E-state index in [-0.39, 0.29) is 24.3 Å². The normalized spacial score (nSPS) is 16.9. The van der Waals surface area contributed by atoms with Gasteiger partial charge in [0.2, 0.25) is 5.91 Å². The zero-order valence-electron chi connectivity index (χ0n) is 11.4. The maximum absolute atomic E-state index is 11.5. The first-order valence-corrected chi connectivity index (χ1v) is 6.67. The van der Waals surface area contributed by atoms with Gasteiger partial charge < -0.3 is 21.7 Å². The Labute approximate surface area is 120 Å². The van der Waals surface area contributed by atoms with Gasteiger partial charge >= 0.3 is 6.03 Å². The lowest BCUT2D eigenvalue weighted by Crippen LogP contribution is -2.46. The van der Waals surface area contributed by atoms with Crippen LogP contribution in [0.15, 0.2) is 0 Å². The predicted molar refractivity (Wildman–Crippen MR) is 77.3 cm³/mol. The van der Waals surface area contributed by atoms with Crippen molar-refractivity contribution in [3.8, 4) is 0 Å². The third-order valence-corrected chi connectivity index (χ3v) is 3.06. The minimum Gasteiger partial charge on any atom is -0.353 e. The van der Waals surface area contributed by atoms with Gasteiger partial charge in [0, 0.05) is 19.1 Å². The van der Waals surface area contributed by atoms with Gasteiger partial charge in [0.15, 0.2) is 0 Å². The van der Waals surface area contributed by atoms with Crippen molar-refractivity contribution in [3.05, 3.63) is 0 Å². The van der Waals surface area contributed by atoms with Gasteiger partial charge in [0.1, 0.15) is 0 Å². The van der Waals surface area contributed by atoms with Gasteiger partial charge in [-0.3, -0.25) is 4.79 Å². The minimum atomic E-state index is -0.513. The van der Waals surface area contributed by atoms with E-state index in [0.29, 0.717) is 19.1 Å². The number of carbonyl (C=O) groups is 2. The largest absolute Gasteiger partial charge is 0.353 e. The molecule has 1 atom stereocenters. The molecule has 0 heterocycles. The van der Waals surface area contributed by atoms with Crippen molar-refractivity contribution in [3.63, 3.8) is 0 Å². The molecule has 19 heavy (non-hydrogen) atoms. The number of hydrogen-bond acceptors (Lipinski definition) is 3. The molecular weight excluding hydrogens is 268 g/mol. The van der Waals surface area contributed by atoms with Crippen LogP contribution < -0.4 is 21.7 Å². The second kappa shape index (κ2) is 9.86. The molecule has 1 saturated carbocycles. The van der Waals surface area contributed by atoms with Gasteiger partial charge in [-0.2, -0.15) is 0 Å². The Morgan fingerprint density at radius 1 is 1.16 bits per heavy atom. The van der Waals surface area contributed by atoms with Crippen LogP contribution in [-0.4, -0.2) is 37.1 Å². The van der Waals surface area contributed by atoms with E-state index in [1.54, 1.807) is 6.92 Å². The number of halogens is 1. The van der Waals surface area contributed by atoms with E-state index < -0.39 is 6.04 Å². The first-order chi connectivity index (χ1) is 8.59. The summed E-state index contributed by atoms with van der Waals surface area (Å²) in [6.45, 7) is 2.44. The average Bonchev–Trinajstić information content (AvgIpc) is 2.35. The van der Waals surface area contributed by atoms with Gasteiger partial charge in [0.05, 0.1) is 6.04 Å². The van der Waals surface area contributed by atoms with Crippen LogP contribution in [0.1, 0.15) is 39.0 Å². The molecule has 0 bridgehead atoms. The zero-order chi connectivity index (χ0) is 13.4. The zero-order valence-corrected chi connectivity index (χ0v) is 12.2. The number of rotatable bonds is 5. The fourth-order valence-corrected chi connectivity index (χ4v) is 2.01.